The standard InChI is InChI=1S/C16H23Cl2N3O.ClH/c17-13-4-1-5-14(18)16(13)20-15(22)7-10-21-9-2-3-12(11-21)6-8-19;/h1,4-5,12H,2-3,6-11,19H2,(H,20,22);1H. The molecule has 0 aliphatic carbocycles. The monoisotopic (exact) mass is 379 g/mol. The molecule has 23 heavy (non-hydrogen) atoms. The van der Waals surface area contributed by atoms with Gasteiger partial charge in [-0.3, -0.25) is 4.79 Å². The van der Waals surface area contributed by atoms with E-state index in [4.69, 9.17) is 28.9 Å². The average molecular weight is 381 g/mol. The first-order valence-electron chi connectivity index (χ1n) is 7.76. The average Bonchev–Trinajstić information content (AvgIpc) is 2.50. The van der Waals surface area contributed by atoms with Gasteiger partial charge in [-0.2, -0.15) is 0 Å². The van der Waals surface area contributed by atoms with Crippen molar-refractivity contribution in [2.24, 2.45) is 11.7 Å². The van der Waals surface area contributed by atoms with Gasteiger partial charge in [-0.1, -0.05) is 29.3 Å². The van der Waals surface area contributed by atoms with Gasteiger partial charge in [-0.05, 0) is 50.4 Å². The Morgan fingerprint density at radius 2 is 2.04 bits per heavy atom. The third kappa shape index (κ3) is 6.48. The topological polar surface area (TPSA) is 58.4 Å². The second-order valence-electron chi connectivity index (χ2n) is 5.78. The van der Waals surface area contributed by atoms with Gasteiger partial charge in [-0.15, -0.1) is 12.4 Å². The van der Waals surface area contributed by atoms with Gasteiger partial charge in [0, 0.05) is 19.5 Å². The van der Waals surface area contributed by atoms with Crippen LogP contribution in [0, 0.1) is 5.92 Å². The third-order valence-electron chi connectivity index (χ3n) is 4.06. The predicted octanol–water partition coefficient (Wildman–Crippen LogP) is 3.80. The first kappa shape index (κ1) is 20.5. The van der Waals surface area contributed by atoms with Crippen molar-refractivity contribution < 1.29 is 4.79 Å². The predicted molar refractivity (Wildman–Crippen MR) is 99.8 cm³/mol. The molecule has 130 valence electrons. The van der Waals surface area contributed by atoms with Crippen LogP contribution in [0.3, 0.4) is 0 Å². The molecule has 1 aliphatic heterocycles. The first-order chi connectivity index (χ1) is 10.6. The largest absolute Gasteiger partial charge is 0.330 e. The van der Waals surface area contributed by atoms with Crippen molar-refractivity contribution in [3.8, 4) is 0 Å². The van der Waals surface area contributed by atoms with Gasteiger partial charge in [0.15, 0.2) is 0 Å². The van der Waals surface area contributed by atoms with Crippen LogP contribution in [0.1, 0.15) is 25.7 Å². The lowest BCUT2D eigenvalue weighted by Gasteiger charge is -2.32. The van der Waals surface area contributed by atoms with E-state index in [1.165, 1.54) is 12.8 Å². The number of halogens is 3. The molecular formula is C16H24Cl3N3O. The number of hydrogen-bond acceptors (Lipinski definition) is 3. The number of nitrogens with two attached hydrogens (primary N) is 1. The minimum Gasteiger partial charge on any atom is -0.330 e. The summed E-state index contributed by atoms with van der Waals surface area (Å²) in [7, 11) is 0. The van der Waals surface area contributed by atoms with E-state index in [0.717, 1.165) is 32.6 Å². The number of likely N-dealkylation sites (tertiary alicyclic amines) is 1. The lowest BCUT2D eigenvalue weighted by Crippen LogP contribution is -2.37. The minimum absolute atomic E-state index is 0. The van der Waals surface area contributed by atoms with E-state index in [1.807, 2.05) is 0 Å². The van der Waals surface area contributed by atoms with Crippen molar-refractivity contribution in [2.75, 3.05) is 31.5 Å². The number of rotatable bonds is 6. The summed E-state index contributed by atoms with van der Waals surface area (Å²) in [5.74, 6) is 0.607. The van der Waals surface area contributed by atoms with Gasteiger partial charge >= 0.3 is 0 Å². The molecule has 4 nitrogen and oxygen atoms in total. The molecule has 2 rings (SSSR count). The normalized spacial score (nSPS) is 18.3. The summed E-state index contributed by atoms with van der Waals surface area (Å²) in [5.41, 5.74) is 6.13. The molecular weight excluding hydrogens is 357 g/mol. The zero-order chi connectivity index (χ0) is 15.9. The van der Waals surface area contributed by atoms with E-state index in [9.17, 15) is 4.79 Å². The molecule has 1 saturated heterocycles. The Balaban J connectivity index is 0.00000264. The molecule has 1 heterocycles. The van der Waals surface area contributed by atoms with Crippen molar-refractivity contribution in [3.05, 3.63) is 28.2 Å². The van der Waals surface area contributed by atoms with Crippen LogP contribution in [-0.4, -0.2) is 37.0 Å². The molecule has 0 spiro atoms. The Bertz CT molecular complexity index is 491. The number of carbonyl (C=O) groups excluding carboxylic acids is 1. The van der Waals surface area contributed by atoms with Crippen molar-refractivity contribution in [1.29, 1.82) is 0 Å². The summed E-state index contributed by atoms with van der Waals surface area (Å²) < 4.78 is 0. The quantitative estimate of drug-likeness (QED) is 0.789. The number of nitrogens with one attached hydrogen (secondary N) is 1. The van der Waals surface area contributed by atoms with E-state index in [-0.39, 0.29) is 18.3 Å². The smallest absolute Gasteiger partial charge is 0.225 e. The maximum absolute atomic E-state index is 12.1. The van der Waals surface area contributed by atoms with Crippen molar-refractivity contribution in [3.63, 3.8) is 0 Å². The second-order valence-corrected chi connectivity index (χ2v) is 6.60. The molecule has 0 saturated carbocycles. The Kier molecular flexibility index (Phi) is 9.25. The highest BCUT2D eigenvalue weighted by atomic mass is 35.5. The number of para-hydroxylation sites is 1. The molecule has 0 aromatic heterocycles. The molecule has 3 N–H and O–H groups in total. The molecule has 7 heteroatoms. The molecule has 1 amide bonds. The molecule has 1 aromatic carbocycles. The highest BCUT2D eigenvalue weighted by Gasteiger charge is 2.20. The van der Waals surface area contributed by atoms with Gasteiger partial charge in [0.2, 0.25) is 5.91 Å². The second kappa shape index (κ2) is 10.4. The van der Waals surface area contributed by atoms with Crippen LogP contribution in [0.25, 0.3) is 0 Å². The SMILES string of the molecule is Cl.NCCC1CCCN(CCC(=O)Nc2c(Cl)cccc2Cl)C1. The number of piperidine rings is 1. The zero-order valence-corrected chi connectivity index (χ0v) is 15.4. The maximum Gasteiger partial charge on any atom is 0.225 e. The number of amides is 1. The number of anilines is 1. The number of hydrogen-bond donors (Lipinski definition) is 2. The fraction of sp³-hybridized carbons (Fsp3) is 0.562. The van der Waals surface area contributed by atoms with Crippen molar-refractivity contribution in [2.45, 2.75) is 25.7 Å². The summed E-state index contributed by atoms with van der Waals surface area (Å²) in [6.07, 6.45) is 3.94. The fourth-order valence-corrected chi connectivity index (χ4v) is 3.40. The highest BCUT2D eigenvalue weighted by molar-refractivity contribution is 6.39. The minimum atomic E-state index is -0.0593. The molecule has 0 radical (unpaired) electrons. The van der Waals surface area contributed by atoms with Crippen LogP contribution in [0.15, 0.2) is 18.2 Å². The van der Waals surface area contributed by atoms with Crippen LogP contribution in [0.4, 0.5) is 5.69 Å². The van der Waals surface area contributed by atoms with Crippen molar-refractivity contribution in [1.82, 2.24) is 4.90 Å². The number of carbonyl (C=O) groups is 1. The van der Waals surface area contributed by atoms with E-state index in [0.29, 0.717) is 28.1 Å². The van der Waals surface area contributed by atoms with E-state index in [1.54, 1.807) is 18.2 Å². The van der Waals surface area contributed by atoms with Crippen LogP contribution in [-0.2, 0) is 4.79 Å². The van der Waals surface area contributed by atoms with Gasteiger partial charge in [0.05, 0.1) is 15.7 Å². The Labute approximate surface area is 154 Å². The van der Waals surface area contributed by atoms with E-state index in [2.05, 4.69) is 10.2 Å². The summed E-state index contributed by atoms with van der Waals surface area (Å²) in [5, 5.41) is 3.73. The van der Waals surface area contributed by atoms with Gasteiger partial charge in [-0.25, -0.2) is 0 Å². The lowest BCUT2D eigenvalue weighted by atomic mass is 9.95. The van der Waals surface area contributed by atoms with Crippen LogP contribution >= 0.6 is 35.6 Å². The molecule has 1 atom stereocenters. The number of benzene rings is 1. The van der Waals surface area contributed by atoms with Crippen LogP contribution in [0.2, 0.25) is 10.0 Å². The van der Waals surface area contributed by atoms with E-state index < -0.39 is 0 Å². The lowest BCUT2D eigenvalue weighted by molar-refractivity contribution is -0.116. The van der Waals surface area contributed by atoms with Gasteiger partial charge < -0.3 is 16.0 Å². The Morgan fingerprint density at radius 1 is 1.35 bits per heavy atom. The van der Waals surface area contributed by atoms with Crippen LogP contribution < -0.4 is 11.1 Å². The molecule has 1 aromatic rings. The van der Waals surface area contributed by atoms with Crippen LogP contribution in [0.5, 0.6) is 0 Å². The zero-order valence-electron chi connectivity index (χ0n) is 13.1. The summed E-state index contributed by atoms with van der Waals surface area (Å²) in [6.45, 7) is 3.59. The Morgan fingerprint density at radius 3 is 2.70 bits per heavy atom. The molecule has 1 aliphatic rings. The summed E-state index contributed by atoms with van der Waals surface area (Å²) >= 11 is 12.1. The van der Waals surface area contributed by atoms with E-state index >= 15 is 0 Å². The highest BCUT2D eigenvalue weighted by Crippen LogP contribution is 2.29. The molecule has 1 unspecified atom stereocenters. The molecule has 0 bridgehead atoms. The maximum atomic E-state index is 12.1. The summed E-state index contributed by atoms with van der Waals surface area (Å²) in [6, 6.07) is 5.18. The first-order valence-corrected chi connectivity index (χ1v) is 8.52. The molecule has 1 fully saturated rings. The number of nitrogens with zero attached hydrogens (tertiary/aromatic N) is 1. The third-order valence-corrected chi connectivity index (χ3v) is 4.69. The fourth-order valence-electron chi connectivity index (χ4n) is 2.90. The summed E-state index contributed by atoms with van der Waals surface area (Å²) in [4.78, 5) is 14.4. The Hall–Kier alpha value is -0.520. The van der Waals surface area contributed by atoms with Gasteiger partial charge in [0.25, 0.3) is 0 Å². The van der Waals surface area contributed by atoms with Gasteiger partial charge in [0.1, 0.15) is 0 Å². The van der Waals surface area contributed by atoms with Crippen molar-refractivity contribution >= 4 is 47.2 Å².